The summed E-state index contributed by atoms with van der Waals surface area (Å²) in [5.74, 6) is 0.287. The zero-order valence-electron chi connectivity index (χ0n) is 9.43. The number of esters is 1. The van der Waals surface area contributed by atoms with Gasteiger partial charge in [-0.25, -0.2) is 4.98 Å². The second kappa shape index (κ2) is 5.91. The summed E-state index contributed by atoms with van der Waals surface area (Å²) in [6.07, 6.45) is 3.60. The van der Waals surface area contributed by atoms with E-state index in [0.717, 1.165) is 0 Å². The van der Waals surface area contributed by atoms with E-state index < -0.39 is 5.54 Å². The van der Waals surface area contributed by atoms with Gasteiger partial charge in [0.2, 0.25) is 0 Å². The van der Waals surface area contributed by atoms with Gasteiger partial charge < -0.3 is 14.9 Å². The van der Waals surface area contributed by atoms with Gasteiger partial charge in [-0.2, -0.15) is 0 Å². The third-order valence-electron chi connectivity index (χ3n) is 2.00. The number of carbonyl (C=O) groups excluding carboxylic acids is 1. The van der Waals surface area contributed by atoms with Crippen LogP contribution < -0.4 is 5.73 Å². The maximum atomic E-state index is 11.5. The summed E-state index contributed by atoms with van der Waals surface area (Å²) < 4.78 is 9.93. The summed E-state index contributed by atoms with van der Waals surface area (Å²) in [6.45, 7) is 3.77. The van der Waals surface area contributed by atoms with Gasteiger partial charge in [0, 0.05) is 5.75 Å². The summed E-state index contributed by atoms with van der Waals surface area (Å²) in [5.41, 5.74) is 4.90. The van der Waals surface area contributed by atoms with Gasteiger partial charge in [-0.1, -0.05) is 11.8 Å². The lowest BCUT2D eigenvalue weighted by Crippen LogP contribution is -2.46. The Labute approximate surface area is 98.7 Å². The highest BCUT2D eigenvalue weighted by Crippen LogP contribution is 2.19. The molecule has 0 fully saturated rings. The van der Waals surface area contributed by atoms with Gasteiger partial charge in [0.25, 0.3) is 5.22 Å². The fourth-order valence-electron chi connectivity index (χ4n) is 1.03. The normalized spacial score (nSPS) is 14.4. The first kappa shape index (κ1) is 13.1. The van der Waals surface area contributed by atoms with E-state index in [1.54, 1.807) is 20.0 Å². The highest BCUT2D eigenvalue weighted by molar-refractivity contribution is 7.99. The molecule has 1 unspecified atom stereocenters. The third-order valence-corrected chi connectivity index (χ3v) is 2.86. The number of nitrogens with two attached hydrogens (primary N) is 1. The van der Waals surface area contributed by atoms with Crippen molar-refractivity contribution < 1.29 is 13.9 Å². The van der Waals surface area contributed by atoms with E-state index >= 15 is 0 Å². The molecule has 1 atom stereocenters. The summed E-state index contributed by atoms with van der Waals surface area (Å²) in [4.78, 5) is 15.4. The van der Waals surface area contributed by atoms with E-state index in [-0.39, 0.29) is 5.97 Å². The summed E-state index contributed by atoms with van der Waals surface area (Å²) in [5, 5.41) is 0.583. The van der Waals surface area contributed by atoms with E-state index in [0.29, 0.717) is 24.0 Å². The molecule has 1 aromatic rings. The molecule has 0 saturated heterocycles. The number of carbonyl (C=O) groups is 1. The number of nitrogens with zero attached hydrogens (tertiary/aromatic N) is 1. The van der Waals surface area contributed by atoms with Gasteiger partial charge in [-0.3, -0.25) is 4.79 Å². The Bertz CT molecular complexity index is 325. The molecule has 1 aromatic heterocycles. The van der Waals surface area contributed by atoms with E-state index in [1.807, 2.05) is 0 Å². The molecule has 1 heterocycles. The minimum atomic E-state index is -0.949. The predicted octanol–water partition coefficient (Wildman–Crippen LogP) is 1.44. The molecular formula is C10H16N2O3S. The lowest BCUT2D eigenvalue weighted by Gasteiger charge is -2.21. The highest BCUT2D eigenvalue weighted by atomic mass is 32.2. The van der Waals surface area contributed by atoms with Crippen molar-refractivity contribution in [3.05, 3.63) is 12.5 Å². The predicted molar refractivity (Wildman–Crippen MR) is 61.1 cm³/mol. The summed E-state index contributed by atoms with van der Waals surface area (Å²) >= 11 is 1.42. The average molecular weight is 244 g/mol. The molecule has 0 aliphatic heterocycles. The topological polar surface area (TPSA) is 78.4 Å². The van der Waals surface area contributed by atoms with Crippen LogP contribution in [0.2, 0.25) is 0 Å². The average Bonchev–Trinajstić information content (AvgIpc) is 2.70. The highest BCUT2D eigenvalue weighted by Gasteiger charge is 2.29. The van der Waals surface area contributed by atoms with Crippen LogP contribution in [0.5, 0.6) is 0 Å². The van der Waals surface area contributed by atoms with Crippen molar-refractivity contribution >= 4 is 17.7 Å². The van der Waals surface area contributed by atoms with Crippen molar-refractivity contribution in [1.29, 1.82) is 0 Å². The number of ether oxygens (including phenoxy) is 1. The van der Waals surface area contributed by atoms with Gasteiger partial charge in [-0.15, -0.1) is 0 Å². The molecule has 5 nitrogen and oxygen atoms in total. The zero-order valence-corrected chi connectivity index (χ0v) is 10.3. The third kappa shape index (κ3) is 3.86. The van der Waals surface area contributed by atoms with E-state index in [2.05, 4.69) is 4.98 Å². The van der Waals surface area contributed by atoms with Gasteiger partial charge in [0.1, 0.15) is 11.8 Å². The van der Waals surface area contributed by atoms with Crippen LogP contribution >= 0.6 is 11.8 Å². The van der Waals surface area contributed by atoms with Crippen LogP contribution in [-0.2, 0) is 9.53 Å². The van der Waals surface area contributed by atoms with Crippen molar-refractivity contribution in [2.75, 3.05) is 12.4 Å². The fraction of sp³-hybridized carbons (Fsp3) is 0.600. The minimum Gasteiger partial charge on any atom is -0.465 e. The number of thioether (sulfide) groups is 1. The van der Waals surface area contributed by atoms with Crippen LogP contribution in [0, 0.1) is 0 Å². The Morgan fingerprint density at radius 1 is 1.75 bits per heavy atom. The molecule has 0 spiro atoms. The van der Waals surface area contributed by atoms with Crippen molar-refractivity contribution in [3.8, 4) is 0 Å². The van der Waals surface area contributed by atoms with Crippen LogP contribution in [0.4, 0.5) is 0 Å². The first-order chi connectivity index (χ1) is 7.56. The molecule has 0 radical (unpaired) electrons. The van der Waals surface area contributed by atoms with Gasteiger partial charge in [-0.05, 0) is 20.3 Å². The van der Waals surface area contributed by atoms with Crippen LogP contribution in [0.1, 0.15) is 20.3 Å². The number of rotatable bonds is 6. The number of hydrogen-bond acceptors (Lipinski definition) is 6. The molecule has 6 heteroatoms. The second-order valence-electron chi connectivity index (χ2n) is 3.53. The number of oxazole rings is 1. The smallest absolute Gasteiger partial charge is 0.325 e. The standard InChI is InChI=1S/C10H16N2O3S/c1-3-14-8(13)10(2,11)4-7-16-9-12-5-6-15-9/h5-6H,3-4,7,11H2,1-2H3. The monoisotopic (exact) mass is 244 g/mol. The summed E-state index contributed by atoms with van der Waals surface area (Å²) in [6, 6.07) is 0. The molecule has 0 bridgehead atoms. The molecule has 2 N–H and O–H groups in total. The Kier molecular flexibility index (Phi) is 4.82. The van der Waals surface area contributed by atoms with Crippen LogP contribution in [0.15, 0.2) is 22.1 Å². The van der Waals surface area contributed by atoms with Crippen molar-refractivity contribution in [2.45, 2.75) is 31.0 Å². The maximum Gasteiger partial charge on any atom is 0.325 e. The quantitative estimate of drug-likeness (QED) is 0.602. The molecule has 0 aliphatic rings. The second-order valence-corrected chi connectivity index (χ2v) is 4.58. The van der Waals surface area contributed by atoms with Crippen LogP contribution in [0.25, 0.3) is 0 Å². The first-order valence-corrected chi connectivity index (χ1v) is 6.03. The zero-order chi connectivity index (χ0) is 12.0. The van der Waals surface area contributed by atoms with Gasteiger partial charge in [0.05, 0.1) is 12.8 Å². The molecule has 0 aromatic carbocycles. The molecule has 1 rings (SSSR count). The maximum absolute atomic E-state index is 11.5. The Morgan fingerprint density at radius 3 is 3.06 bits per heavy atom. The van der Waals surface area contributed by atoms with Crippen molar-refractivity contribution in [2.24, 2.45) is 5.73 Å². The largest absolute Gasteiger partial charge is 0.465 e. The van der Waals surface area contributed by atoms with E-state index in [4.69, 9.17) is 14.9 Å². The van der Waals surface area contributed by atoms with Crippen molar-refractivity contribution in [1.82, 2.24) is 4.98 Å². The SMILES string of the molecule is CCOC(=O)C(C)(N)CCSc1ncco1. The number of aromatic nitrogens is 1. The summed E-state index contributed by atoms with van der Waals surface area (Å²) in [7, 11) is 0. The fourth-order valence-corrected chi connectivity index (χ4v) is 1.99. The molecular weight excluding hydrogens is 228 g/mol. The lowest BCUT2D eigenvalue weighted by atomic mass is 10.0. The molecule has 0 aliphatic carbocycles. The van der Waals surface area contributed by atoms with Gasteiger partial charge in [0.15, 0.2) is 0 Å². The Morgan fingerprint density at radius 2 is 2.50 bits per heavy atom. The van der Waals surface area contributed by atoms with E-state index in [9.17, 15) is 4.79 Å². The van der Waals surface area contributed by atoms with Gasteiger partial charge >= 0.3 is 5.97 Å². The first-order valence-electron chi connectivity index (χ1n) is 5.04. The Balaban J connectivity index is 2.33. The van der Waals surface area contributed by atoms with Crippen LogP contribution in [0.3, 0.4) is 0 Å². The van der Waals surface area contributed by atoms with Crippen LogP contribution in [-0.4, -0.2) is 28.9 Å². The molecule has 90 valence electrons. The van der Waals surface area contributed by atoms with E-state index in [1.165, 1.54) is 18.0 Å². The molecule has 0 amide bonds. The molecule has 16 heavy (non-hydrogen) atoms. The Hall–Kier alpha value is -1.01. The minimum absolute atomic E-state index is 0.346. The lowest BCUT2D eigenvalue weighted by molar-refractivity contribution is -0.149. The number of hydrogen-bond donors (Lipinski definition) is 1. The van der Waals surface area contributed by atoms with Crippen molar-refractivity contribution in [3.63, 3.8) is 0 Å². The molecule has 0 saturated carbocycles.